The van der Waals surface area contributed by atoms with Gasteiger partial charge in [-0.15, -0.1) is 0 Å². The summed E-state index contributed by atoms with van der Waals surface area (Å²) in [5.74, 6) is 0.512. The van der Waals surface area contributed by atoms with E-state index in [0.717, 1.165) is 20.4 Å². The van der Waals surface area contributed by atoms with Crippen LogP contribution in [0.4, 0.5) is 10.1 Å². The molecule has 1 unspecified atom stereocenters. The fraction of sp³-hybridized carbons (Fsp3) is 0.200. The highest BCUT2D eigenvalue weighted by atomic mass is 79.9. The largest absolute Gasteiger partial charge is 0.497 e. The molecule has 0 spiro atoms. The van der Waals surface area contributed by atoms with Gasteiger partial charge in [-0.3, -0.25) is 0 Å². The van der Waals surface area contributed by atoms with E-state index in [4.69, 9.17) is 4.74 Å². The van der Waals surface area contributed by atoms with E-state index in [1.54, 1.807) is 13.2 Å². The van der Waals surface area contributed by atoms with Gasteiger partial charge in [-0.05, 0) is 47.1 Å². The van der Waals surface area contributed by atoms with Crippen LogP contribution >= 0.6 is 31.9 Å². The third-order valence-electron chi connectivity index (χ3n) is 2.97. The molecule has 0 saturated heterocycles. The molecular weight excluding hydrogens is 389 g/mol. The van der Waals surface area contributed by atoms with Gasteiger partial charge in [-0.2, -0.15) is 0 Å². The maximum atomic E-state index is 13.9. The molecule has 106 valence electrons. The van der Waals surface area contributed by atoms with Crippen LogP contribution in [-0.2, 0) is 0 Å². The minimum Gasteiger partial charge on any atom is -0.497 e. The minimum atomic E-state index is -0.238. The zero-order valence-electron chi connectivity index (χ0n) is 11.1. The molecule has 0 bridgehead atoms. The van der Waals surface area contributed by atoms with Gasteiger partial charge >= 0.3 is 0 Å². The summed E-state index contributed by atoms with van der Waals surface area (Å²) in [4.78, 5) is 0. The maximum Gasteiger partial charge on any atom is 0.129 e. The quantitative estimate of drug-likeness (QED) is 0.725. The summed E-state index contributed by atoms with van der Waals surface area (Å²) in [6.45, 7) is 1.91. The van der Waals surface area contributed by atoms with Gasteiger partial charge in [0.05, 0.1) is 18.8 Å². The van der Waals surface area contributed by atoms with Crippen LogP contribution in [0.1, 0.15) is 18.5 Å². The molecule has 0 heterocycles. The molecule has 2 aromatic rings. The summed E-state index contributed by atoms with van der Waals surface area (Å²) >= 11 is 6.73. The second-order valence-corrected chi connectivity index (χ2v) is 6.15. The lowest BCUT2D eigenvalue weighted by atomic mass is 10.1. The number of nitrogens with one attached hydrogen (secondary N) is 1. The summed E-state index contributed by atoms with van der Waals surface area (Å²) in [5, 5.41) is 3.28. The monoisotopic (exact) mass is 401 g/mol. The van der Waals surface area contributed by atoms with E-state index < -0.39 is 0 Å². The number of hydrogen-bond donors (Lipinski definition) is 1. The lowest BCUT2D eigenvalue weighted by Crippen LogP contribution is -2.09. The van der Waals surface area contributed by atoms with Gasteiger partial charge in [0, 0.05) is 20.6 Å². The van der Waals surface area contributed by atoms with Gasteiger partial charge in [0.15, 0.2) is 0 Å². The van der Waals surface area contributed by atoms with Gasteiger partial charge in [-0.1, -0.05) is 22.0 Å². The minimum absolute atomic E-state index is 0.161. The van der Waals surface area contributed by atoms with Crippen molar-refractivity contribution in [3.8, 4) is 5.75 Å². The molecule has 2 nitrogen and oxygen atoms in total. The van der Waals surface area contributed by atoms with Crippen molar-refractivity contribution >= 4 is 37.5 Å². The van der Waals surface area contributed by atoms with E-state index in [-0.39, 0.29) is 11.9 Å². The summed E-state index contributed by atoms with van der Waals surface area (Å²) < 4.78 is 20.8. The first kappa shape index (κ1) is 15.3. The number of rotatable bonds is 4. The number of anilines is 1. The third-order valence-corrected chi connectivity index (χ3v) is 4.16. The van der Waals surface area contributed by atoms with Crippen LogP contribution < -0.4 is 10.1 Å². The summed E-state index contributed by atoms with van der Waals surface area (Å²) in [5.41, 5.74) is 1.47. The van der Waals surface area contributed by atoms with Crippen LogP contribution in [0.25, 0.3) is 0 Å². The molecule has 0 aliphatic carbocycles. The van der Waals surface area contributed by atoms with Crippen molar-refractivity contribution in [1.82, 2.24) is 0 Å². The van der Waals surface area contributed by atoms with Gasteiger partial charge in [0.2, 0.25) is 0 Å². The van der Waals surface area contributed by atoms with Crippen molar-refractivity contribution in [2.45, 2.75) is 13.0 Å². The average Bonchev–Trinajstić information content (AvgIpc) is 2.41. The number of benzene rings is 2. The fourth-order valence-electron chi connectivity index (χ4n) is 1.91. The average molecular weight is 403 g/mol. The van der Waals surface area contributed by atoms with Crippen LogP contribution in [0.2, 0.25) is 0 Å². The second kappa shape index (κ2) is 6.59. The first-order valence-electron chi connectivity index (χ1n) is 6.06. The van der Waals surface area contributed by atoms with E-state index in [1.807, 2.05) is 31.2 Å². The first-order chi connectivity index (χ1) is 9.51. The van der Waals surface area contributed by atoms with Crippen LogP contribution in [-0.4, -0.2) is 7.11 Å². The Hall–Kier alpha value is -1.07. The molecule has 0 aromatic heterocycles. The SMILES string of the molecule is COc1ccc(Br)c(NC(C)c2ccc(Br)cc2F)c1. The molecule has 2 aromatic carbocycles. The standard InChI is InChI=1S/C15H14Br2FNO/c1-9(12-5-3-10(16)7-14(12)18)19-15-8-11(20-2)4-6-13(15)17/h3-9,19H,1-2H3. The van der Waals surface area contributed by atoms with Crippen LogP contribution in [0.15, 0.2) is 45.3 Å². The van der Waals surface area contributed by atoms with Gasteiger partial charge in [-0.25, -0.2) is 4.39 Å². The molecule has 0 fully saturated rings. The topological polar surface area (TPSA) is 21.3 Å². The molecule has 2 rings (SSSR count). The normalized spacial score (nSPS) is 12.1. The third kappa shape index (κ3) is 3.52. The molecule has 1 N–H and O–H groups in total. The molecule has 0 radical (unpaired) electrons. The van der Waals surface area contributed by atoms with Crippen LogP contribution in [0.5, 0.6) is 5.75 Å². The van der Waals surface area contributed by atoms with Crippen molar-refractivity contribution in [1.29, 1.82) is 0 Å². The second-order valence-electron chi connectivity index (χ2n) is 4.38. The number of ether oxygens (including phenoxy) is 1. The Morgan fingerprint density at radius 1 is 1.15 bits per heavy atom. The lowest BCUT2D eigenvalue weighted by molar-refractivity contribution is 0.415. The molecule has 0 aliphatic rings. The zero-order valence-corrected chi connectivity index (χ0v) is 14.3. The number of halogens is 3. The van der Waals surface area contributed by atoms with Crippen molar-refractivity contribution in [3.05, 3.63) is 56.7 Å². The Morgan fingerprint density at radius 3 is 2.55 bits per heavy atom. The Morgan fingerprint density at radius 2 is 1.90 bits per heavy atom. The Kier molecular flexibility index (Phi) is 5.05. The van der Waals surface area contributed by atoms with E-state index in [0.29, 0.717) is 5.56 Å². The predicted octanol–water partition coefficient (Wildman–Crippen LogP) is 5.53. The summed E-state index contributed by atoms with van der Waals surface area (Å²) in [6, 6.07) is 10.5. The van der Waals surface area contributed by atoms with Crippen molar-refractivity contribution in [3.63, 3.8) is 0 Å². The first-order valence-corrected chi connectivity index (χ1v) is 7.65. The van der Waals surface area contributed by atoms with Gasteiger partial charge in [0.25, 0.3) is 0 Å². The van der Waals surface area contributed by atoms with Gasteiger partial charge < -0.3 is 10.1 Å². The predicted molar refractivity (Wildman–Crippen MR) is 86.8 cm³/mol. The maximum absolute atomic E-state index is 13.9. The van der Waals surface area contributed by atoms with E-state index in [9.17, 15) is 4.39 Å². The van der Waals surface area contributed by atoms with Crippen molar-refractivity contribution < 1.29 is 9.13 Å². The van der Waals surface area contributed by atoms with E-state index >= 15 is 0 Å². The molecule has 0 aliphatic heterocycles. The summed E-state index contributed by atoms with van der Waals surface area (Å²) in [6.07, 6.45) is 0. The highest BCUT2D eigenvalue weighted by molar-refractivity contribution is 9.10. The number of methoxy groups -OCH3 is 1. The number of hydrogen-bond acceptors (Lipinski definition) is 2. The Labute approximate surface area is 134 Å². The van der Waals surface area contributed by atoms with Crippen LogP contribution in [0.3, 0.4) is 0 Å². The van der Waals surface area contributed by atoms with Crippen LogP contribution in [0, 0.1) is 5.82 Å². The zero-order chi connectivity index (χ0) is 14.7. The van der Waals surface area contributed by atoms with E-state index in [2.05, 4.69) is 37.2 Å². The Bertz CT molecular complexity index is 619. The molecule has 5 heteroatoms. The van der Waals surface area contributed by atoms with Crippen molar-refractivity contribution in [2.75, 3.05) is 12.4 Å². The molecule has 0 amide bonds. The molecule has 1 atom stereocenters. The van der Waals surface area contributed by atoms with Crippen molar-refractivity contribution in [2.24, 2.45) is 0 Å². The smallest absolute Gasteiger partial charge is 0.129 e. The molecule has 20 heavy (non-hydrogen) atoms. The Balaban J connectivity index is 2.25. The van der Waals surface area contributed by atoms with Gasteiger partial charge in [0.1, 0.15) is 11.6 Å². The van der Waals surface area contributed by atoms with E-state index in [1.165, 1.54) is 6.07 Å². The highest BCUT2D eigenvalue weighted by Gasteiger charge is 2.13. The molecular formula is C15H14Br2FNO. The molecule has 0 saturated carbocycles. The fourth-order valence-corrected chi connectivity index (χ4v) is 2.60. The highest BCUT2D eigenvalue weighted by Crippen LogP contribution is 2.31. The summed E-state index contributed by atoms with van der Waals surface area (Å²) in [7, 11) is 1.62. The lowest BCUT2D eigenvalue weighted by Gasteiger charge is -2.18.